The van der Waals surface area contributed by atoms with Crippen LogP contribution in [0.2, 0.25) is 0 Å². The Balaban J connectivity index is -0.0000000436. The molecular weight excluding hydrogens is 306 g/mol. The van der Waals surface area contributed by atoms with Crippen molar-refractivity contribution < 1.29 is 5.48 Å². The molecule has 2 saturated heterocycles. The van der Waals surface area contributed by atoms with Gasteiger partial charge in [-0.3, -0.25) is 0 Å². The third-order valence-corrected chi connectivity index (χ3v) is 2.41. The molecule has 2 rings (SSSR count). The van der Waals surface area contributed by atoms with Crippen molar-refractivity contribution in [3.05, 3.63) is 0 Å². The maximum absolute atomic E-state index is 3.28. The third-order valence-electron chi connectivity index (χ3n) is 2.41. The number of hydrogen-bond donors (Lipinski definition) is 2. The summed E-state index contributed by atoms with van der Waals surface area (Å²) in [5.41, 5.74) is 0. The van der Waals surface area contributed by atoms with E-state index in [2.05, 4.69) is 10.6 Å². The van der Waals surface area contributed by atoms with Crippen LogP contribution in [0.1, 0.15) is 38.5 Å². The average Bonchev–Trinajstić information content (AvgIpc) is 2.24. The zero-order valence-corrected chi connectivity index (χ0v) is 13.5. The Morgan fingerprint density at radius 1 is 0.412 bits per heavy atom. The summed E-state index contributed by atoms with van der Waals surface area (Å²) in [5, 5.41) is 6.57. The van der Waals surface area contributed by atoms with E-state index in [9.17, 15) is 0 Å². The lowest BCUT2D eigenvalue weighted by Crippen LogP contribution is -2.21. The van der Waals surface area contributed by atoms with Crippen LogP contribution in [0.4, 0.5) is 0 Å². The highest BCUT2D eigenvalue weighted by molar-refractivity contribution is 5.86. The first-order chi connectivity index (χ1) is 6.00. The monoisotopic (exact) mass is 332 g/mol. The molecule has 0 radical (unpaired) electrons. The normalized spacial score (nSPS) is 16.9. The fraction of sp³-hybridized carbons (Fsp3) is 1.00. The molecule has 0 bridgehead atoms. The van der Waals surface area contributed by atoms with Crippen LogP contribution in [0.3, 0.4) is 0 Å². The summed E-state index contributed by atoms with van der Waals surface area (Å²) in [6.07, 6.45) is 8.43. The van der Waals surface area contributed by atoms with Crippen molar-refractivity contribution in [2.45, 2.75) is 38.5 Å². The van der Waals surface area contributed by atoms with Gasteiger partial charge in [-0.2, -0.15) is 0 Å². The molecule has 17 heavy (non-hydrogen) atoms. The number of piperidine rings is 2. The van der Waals surface area contributed by atoms with Crippen LogP contribution in [-0.4, -0.2) is 31.7 Å². The van der Waals surface area contributed by atoms with E-state index in [0.29, 0.717) is 0 Å². The van der Waals surface area contributed by atoms with E-state index in [1.54, 1.807) is 0 Å². The van der Waals surface area contributed by atoms with Gasteiger partial charge in [0.25, 0.3) is 0 Å². The maximum atomic E-state index is 3.28. The lowest BCUT2D eigenvalue weighted by molar-refractivity contribution is 0.520. The van der Waals surface area contributed by atoms with Gasteiger partial charge in [0.1, 0.15) is 0 Å². The lowest BCUT2D eigenvalue weighted by Gasteiger charge is -2.08. The Bertz CT molecular complexity index is 69.3. The average molecular weight is 334 g/mol. The Morgan fingerprint density at radius 2 is 0.647 bits per heavy atom. The van der Waals surface area contributed by atoms with E-state index in [0.717, 1.165) is 0 Å². The third kappa shape index (κ3) is 22.7. The van der Waals surface area contributed by atoms with Crippen LogP contribution in [0.25, 0.3) is 0 Å². The Morgan fingerprint density at radius 3 is 0.706 bits per heavy atom. The SMILES string of the molecule is C1CCNCC1.C1CCNCC1.Cl.Cl.Cl.Cl.O. The molecule has 0 unspecified atom stereocenters. The highest BCUT2D eigenvalue weighted by atomic mass is 35.5. The van der Waals surface area contributed by atoms with Crippen molar-refractivity contribution in [2.24, 2.45) is 0 Å². The molecule has 4 N–H and O–H groups in total. The first-order valence-electron chi connectivity index (χ1n) is 5.41. The van der Waals surface area contributed by atoms with E-state index < -0.39 is 0 Å². The summed E-state index contributed by atoms with van der Waals surface area (Å²) in [5.74, 6) is 0. The minimum Gasteiger partial charge on any atom is -0.412 e. The summed E-state index contributed by atoms with van der Waals surface area (Å²) in [6, 6.07) is 0. The quantitative estimate of drug-likeness (QED) is 0.715. The van der Waals surface area contributed by atoms with Crippen LogP contribution in [0, 0.1) is 0 Å². The second kappa shape index (κ2) is 25.8. The molecule has 2 aliphatic heterocycles. The summed E-state index contributed by atoms with van der Waals surface area (Å²) < 4.78 is 0. The molecule has 2 fully saturated rings. The van der Waals surface area contributed by atoms with E-state index in [1.807, 2.05) is 0 Å². The molecule has 7 heteroatoms. The molecular formula is C10H28Cl4N2O. The highest BCUT2D eigenvalue weighted by Crippen LogP contribution is 1.97. The van der Waals surface area contributed by atoms with Gasteiger partial charge in [-0.1, -0.05) is 12.8 Å². The van der Waals surface area contributed by atoms with Crippen molar-refractivity contribution in [1.29, 1.82) is 0 Å². The zero-order chi connectivity index (χ0) is 8.49. The standard InChI is InChI=1S/2C5H11N.4ClH.H2O/c2*1-2-4-6-5-3-1;;;;;/h2*6H,1-5H2;4*1H;1H2. The Hall–Kier alpha value is 1.04. The second-order valence-corrected chi connectivity index (χ2v) is 3.62. The van der Waals surface area contributed by atoms with Gasteiger partial charge in [0.2, 0.25) is 0 Å². The number of nitrogens with one attached hydrogen (secondary N) is 2. The van der Waals surface area contributed by atoms with Crippen molar-refractivity contribution in [3.63, 3.8) is 0 Å². The fourth-order valence-electron chi connectivity index (χ4n) is 1.60. The minimum absolute atomic E-state index is 0. The maximum Gasteiger partial charge on any atom is -0.00489 e. The highest BCUT2D eigenvalue weighted by Gasteiger charge is 1.94. The van der Waals surface area contributed by atoms with Crippen molar-refractivity contribution in [1.82, 2.24) is 10.6 Å². The smallest absolute Gasteiger partial charge is 0.00489 e. The molecule has 0 saturated carbocycles. The summed E-state index contributed by atoms with van der Waals surface area (Å²) >= 11 is 0. The van der Waals surface area contributed by atoms with Crippen molar-refractivity contribution >= 4 is 49.6 Å². The predicted octanol–water partition coefficient (Wildman–Crippen LogP) is 2.38. The molecule has 0 atom stereocenters. The first kappa shape index (κ1) is 30.8. The number of hydrogen-bond acceptors (Lipinski definition) is 2. The molecule has 2 heterocycles. The molecule has 0 aromatic rings. The molecule has 112 valence electrons. The van der Waals surface area contributed by atoms with Crippen LogP contribution >= 0.6 is 49.6 Å². The van der Waals surface area contributed by atoms with Gasteiger partial charge < -0.3 is 16.1 Å². The lowest BCUT2D eigenvalue weighted by atomic mass is 10.2. The van der Waals surface area contributed by atoms with Gasteiger partial charge in [0.15, 0.2) is 0 Å². The van der Waals surface area contributed by atoms with Gasteiger partial charge in [0, 0.05) is 0 Å². The molecule has 0 aromatic heterocycles. The van der Waals surface area contributed by atoms with Crippen LogP contribution < -0.4 is 10.6 Å². The Labute approximate surface area is 130 Å². The summed E-state index contributed by atoms with van der Waals surface area (Å²) in [6.45, 7) is 5.00. The largest absolute Gasteiger partial charge is 0.412 e. The van der Waals surface area contributed by atoms with Crippen molar-refractivity contribution in [2.75, 3.05) is 26.2 Å². The molecule has 0 aliphatic carbocycles. The molecule has 3 nitrogen and oxygen atoms in total. The van der Waals surface area contributed by atoms with Gasteiger partial charge in [0.05, 0.1) is 0 Å². The van der Waals surface area contributed by atoms with Gasteiger partial charge in [-0.05, 0) is 51.9 Å². The summed E-state index contributed by atoms with van der Waals surface area (Å²) in [4.78, 5) is 0. The van der Waals surface area contributed by atoms with Crippen LogP contribution in [-0.2, 0) is 0 Å². The number of halogens is 4. The van der Waals surface area contributed by atoms with E-state index in [-0.39, 0.29) is 55.1 Å². The van der Waals surface area contributed by atoms with Gasteiger partial charge >= 0.3 is 0 Å². The van der Waals surface area contributed by atoms with Gasteiger partial charge in [-0.15, -0.1) is 49.6 Å². The van der Waals surface area contributed by atoms with Gasteiger partial charge in [-0.25, -0.2) is 0 Å². The number of rotatable bonds is 0. The Kier molecular flexibility index (Phi) is 46.7. The zero-order valence-electron chi connectivity index (χ0n) is 10.2. The topological polar surface area (TPSA) is 55.6 Å². The van der Waals surface area contributed by atoms with E-state index >= 15 is 0 Å². The van der Waals surface area contributed by atoms with E-state index in [4.69, 9.17) is 0 Å². The fourth-order valence-corrected chi connectivity index (χ4v) is 1.60. The predicted molar refractivity (Wildman–Crippen MR) is 86.0 cm³/mol. The summed E-state index contributed by atoms with van der Waals surface area (Å²) in [7, 11) is 0. The van der Waals surface area contributed by atoms with Crippen LogP contribution in [0.15, 0.2) is 0 Å². The minimum atomic E-state index is 0. The van der Waals surface area contributed by atoms with Crippen LogP contribution in [0.5, 0.6) is 0 Å². The molecule has 0 amide bonds. The molecule has 0 spiro atoms. The molecule has 0 aromatic carbocycles. The first-order valence-corrected chi connectivity index (χ1v) is 5.41. The molecule has 2 aliphatic rings. The second-order valence-electron chi connectivity index (χ2n) is 3.62. The van der Waals surface area contributed by atoms with Crippen molar-refractivity contribution in [3.8, 4) is 0 Å². The van der Waals surface area contributed by atoms with E-state index in [1.165, 1.54) is 64.7 Å².